The molecule has 0 bridgehead atoms. The van der Waals surface area contributed by atoms with E-state index < -0.39 is 0 Å². The van der Waals surface area contributed by atoms with Gasteiger partial charge in [-0.15, -0.1) is 0 Å². The van der Waals surface area contributed by atoms with Gasteiger partial charge >= 0.3 is 0 Å². The van der Waals surface area contributed by atoms with Crippen LogP contribution in [-0.2, 0) is 17.1 Å². The van der Waals surface area contributed by atoms with E-state index >= 15 is 0 Å². The number of amides is 1. The number of hydrogen-bond acceptors (Lipinski definition) is 4. The molecule has 2 heterocycles. The molecule has 6 heteroatoms. The summed E-state index contributed by atoms with van der Waals surface area (Å²) < 4.78 is 1.96. The average molecular weight is 431 g/mol. The van der Waals surface area contributed by atoms with Crippen molar-refractivity contribution in [1.82, 2.24) is 14.5 Å². The Balaban J connectivity index is 1.58. The van der Waals surface area contributed by atoms with Gasteiger partial charge in [-0.05, 0) is 56.5 Å². The van der Waals surface area contributed by atoms with Crippen LogP contribution in [0.5, 0.6) is 0 Å². The highest BCUT2D eigenvalue weighted by atomic mass is 32.2. The molecule has 0 aliphatic carbocycles. The topological polar surface area (TPSA) is 59.8 Å². The minimum atomic E-state index is -0.0799. The second-order valence-corrected chi connectivity index (χ2v) is 8.87. The molecule has 0 aliphatic rings. The lowest BCUT2D eigenvalue weighted by atomic mass is 10.1. The number of pyridine rings is 1. The second kappa shape index (κ2) is 8.94. The number of benzene rings is 2. The van der Waals surface area contributed by atoms with Crippen molar-refractivity contribution in [3.05, 3.63) is 82.7 Å². The van der Waals surface area contributed by atoms with Crippen molar-refractivity contribution in [1.29, 1.82) is 0 Å². The van der Waals surface area contributed by atoms with Crippen LogP contribution in [0.3, 0.4) is 0 Å². The first-order valence-electron chi connectivity index (χ1n) is 10.3. The van der Waals surface area contributed by atoms with Gasteiger partial charge in [0.15, 0.2) is 5.16 Å². The fourth-order valence-electron chi connectivity index (χ4n) is 3.60. The van der Waals surface area contributed by atoms with E-state index in [1.54, 1.807) is 24.2 Å². The van der Waals surface area contributed by atoms with Gasteiger partial charge in [-0.3, -0.25) is 9.78 Å². The Morgan fingerprint density at radius 2 is 1.77 bits per heavy atom. The zero-order valence-corrected chi connectivity index (χ0v) is 19.1. The minimum absolute atomic E-state index is 0.0799. The summed E-state index contributed by atoms with van der Waals surface area (Å²) in [6, 6.07) is 14.4. The molecule has 0 radical (unpaired) electrons. The summed E-state index contributed by atoms with van der Waals surface area (Å²) in [4.78, 5) is 21.9. The number of aromatic nitrogens is 3. The lowest BCUT2D eigenvalue weighted by Gasteiger charge is -2.12. The van der Waals surface area contributed by atoms with Crippen LogP contribution in [-0.4, -0.2) is 20.4 Å². The van der Waals surface area contributed by atoms with Crippen LogP contribution in [0.2, 0.25) is 0 Å². The maximum absolute atomic E-state index is 12.9. The number of carbonyl (C=O) groups excluding carboxylic acids is 1. The lowest BCUT2D eigenvalue weighted by molar-refractivity contribution is -0.116. The van der Waals surface area contributed by atoms with Gasteiger partial charge in [0.2, 0.25) is 5.91 Å². The van der Waals surface area contributed by atoms with Crippen LogP contribution < -0.4 is 5.32 Å². The molecule has 2 aromatic heterocycles. The predicted molar refractivity (Wildman–Crippen MR) is 128 cm³/mol. The van der Waals surface area contributed by atoms with Crippen molar-refractivity contribution in [2.75, 3.05) is 5.32 Å². The van der Waals surface area contributed by atoms with Crippen LogP contribution in [0, 0.1) is 27.7 Å². The number of nitrogens with one attached hydrogen (secondary N) is 1. The molecule has 5 nitrogen and oxygen atoms in total. The fourth-order valence-corrected chi connectivity index (χ4v) is 4.67. The number of anilines is 1. The highest BCUT2D eigenvalue weighted by Crippen LogP contribution is 2.28. The van der Waals surface area contributed by atoms with Crippen molar-refractivity contribution in [3.63, 3.8) is 0 Å². The molecule has 1 N–H and O–H groups in total. The van der Waals surface area contributed by atoms with Crippen LogP contribution in [0.1, 0.15) is 27.8 Å². The minimum Gasteiger partial charge on any atom is -0.324 e. The molecule has 2 aromatic carbocycles. The molecule has 0 aliphatic heterocycles. The van der Waals surface area contributed by atoms with Gasteiger partial charge in [0, 0.05) is 17.6 Å². The molecule has 4 rings (SSSR count). The van der Waals surface area contributed by atoms with E-state index in [1.807, 2.05) is 36.6 Å². The monoisotopic (exact) mass is 430 g/mol. The first-order valence-corrected chi connectivity index (χ1v) is 11.3. The van der Waals surface area contributed by atoms with E-state index in [2.05, 4.69) is 48.4 Å². The molecule has 0 unspecified atom stereocenters. The second-order valence-electron chi connectivity index (χ2n) is 7.93. The van der Waals surface area contributed by atoms with Crippen LogP contribution in [0.15, 0.2) is 60.0 Å². The zero-order chi connectivity index (χ0) is 22.0. The Bertz CT molecular complexity index is 1260. The van der Waals surface area contributed by atoms with Gasteiger partial charge in [-0.1, -0.05) is 53.2 Å². The van der Waals surface area contributed by atoms with Crippen molar-refractivity contribution in [3.8, 4) is 0 Å². The number of hydrogen-bond donors (Lipinski definition) is 1. The molecule has 0 saturated heterocycles. The SMILES string of the molecule is Cc1ccc(NC(=O)Cn2c(SCc3cc(C)ccc3C)nc3ccncc32)c(C)c1. The lowest BCUT2D eigenvalue weighted by Crippen LogP contribution is -2.19. The van der Waals surface area contributed by atoms with Crippen molar-refractivity contribution >= 4 is 34.4 Å². The first-order chi connectivity index (χ1) is 14.9. The highest BCUT2D eigenvalue weighted by Gasteiger charge is 2.16. The third-order valence-electron chi connectivity index (χ3n) is 5.33. The number of aryl methyl sites for hydroxylation is 4. The average Bonchev–Trinajstić information content (AvgIpc) is 3.08. The van der Waals surface area contributed by atoms with E-state index in [0.29, 0.717) is 0 Å². The molecule has 0 spiro atoms. The predicted octanol–water partition coefficient (Wildman–Crippen LogP) is 5.60. The summed E-state index contributed by atoms with van der Waals surface area (Å²) in [5, 5.41) is 3.86. The molecule has 0 atom stereocenters. The van der Waals surface area contributed by atoms with Crippen molar-refractivity contribution in [2.45, 2.75) is 45.1 Å². The number of rotatable bonds is 6. The molecule has 0 fully saturated rings. The van der Waals surface area contributed by atoms with E-state index in [0.717, 1.165) is 33.2 Å². The van der Waals surface area contributed by atoms with Crippen LogP contribution in [0.4, 0.5) is 5.69 Å². The maximum atomic E-state index is 12.9. The molecular formula is C25H26N4OS. The Morgan fingerprint density at radius 1 is 1.00 bits per heavy atom. The summed E-state index contributed by atoms with van der Waals surface area (Å²) in [5.74, 6) is 0.715. The summed E-state index contributed by atoms with van der Waals surface area (Å²) in [7, 11) is 0. The number of carbonyl (C=O) groups is 1. The van der Waals surface area contributed by atoms with E-state index in [-0.39, 0.29) is 12.5 Å². The summed E-state index contributed by atoms with van der Waals surface area (Å²) >= 11 is 1.65. The number of imidazole rings is 1. The Morgan fingerprint density at radius 3 is 2.58 bits per heavy atom. The number of nitrogens with zero attached hydrogens (tertiary/aromatic N) is 3. The third kappa shape index (κ3) is 4.80. The Hall–Kier alpha value is -3.12. The van der Waals surface area contributed by atoms with Gasteiger partial charge in [0.25, 0.3) is 0 Å². The summed E-state index contributed by atoms with van der Waals surface area (Å²) in [5.41, 5.74) is 8.55. The van der Waals surface area contributed by atoms with Gasteiger partial charge < -0.3 is 9.88 Å². The van der Waals surface area contributed by atoms with E-state index in [1.165, 1.54) is 22.3 Å². The molecule has 0 saturated carbocycles. The highest BCUT2D eigenvalue weighted by molar-refractivity contribution is 7.98. The fraction of sp³-hybridized carbons (Fsp3) is 0.240. The molecule has 31 heavy (non-hydrogen) atoms. The smallest absolute Gasteiger partial charge is 0.244 e. The van der Waals surface area contributed by atoms with Gasteiger partial charge in [-0.2, -0.15) is 0 Å². The number of fused-ring (bicyclic) bond motifs is 1. The van der Waals surface area contributed by atoms with Crippen LogP contribution in [0.25, 0.3) is 11.0 Å². The molecular weight excluding hydrogens is 404 g/mol. The number of thioether (sulfide) groups is 1. The van der Waals surface area contributed by atoms with Crippen LogP contribution >= 0.6 is 11.8 Å². The molecule has 4 aromatic rings. The normalized spacial score (nSPS) is 11.1. The summed E-state index contributed by atoms with van der Waals surface area (Å²) in [6.07, 6.45) is 3.50. The van der Waals surface area contributed by atoms with E-state index in [9.17, 15) is 4.79 Å². The van der Waals surface area contributed by atoms with Crippen molar-refractivity contribution < 1.29 is 4.79 Å². The molecule has 158 valence electrons. The maximum Gasteiger partial charge on any atom is 0.244 e. The van der Waals surface area contributed by atoms with Crippen molar-refractivity contribution in [2.24, 2.45) is 0 Å². The molecule has 1 amide bonds. The van der Waals surface area contributed by atoms with Gasteiger partial charge in [-0.25, -0.2) is 4.98 Å². The zero-order valence-electron chi connectivity index (χ0n) is 18.3. The van der Waals surface area contributed by atoms with E-state index in [4.69, 9.17) is 4.98 Å². The quantitative estimate of drug-likeness (QED) is 0.405. The third-order valence-corrected chi connectivity index (χ3v) is 6.36. The standard InChI is InChI=1S/C25H26N4OS/c1-16-6-8-21(19(4)11-16)27-24(30)14-29-23-13-26-10-9-22(23)28-25(29)31-15-20-12-17(2)5-7-18(20)3/h5-13H,14-15H2,1-4H3,(H,27,30). The van der Waals surface area contributed by atoms with Gasteiger partial charge in [0.1, 0.15) is 6.54 Å². The largest absolute Gasteiger partial charge is 0.324 e. The Labute approximate surface area is 186 Å². The summed E-state index contributed by atoms with van der Waals surface area (Å²) in [6.45, 7) is 8.46. The Kier molecular flexibility index (Phi) is 6.09. The van der Waals surface area contributed by atoms with Gasteiger partial charge in [0.05, 0.1) is 17.2 Å². The first kappa shape index (κ1) is 21.1.